The second-order valence-electron chi connectivity index (χ2n) is 7.16. The monoisotopic (exact) mass is 448 g/mol. The van der Waals surface area contributed by atoms with Crippen molar-refractivity contribution in [2.45, 2.75) is 19.8 Å². The van der Waals surface area contributed by atoms with Crippen LogP contribution >= 0.6 is 0 Å². The molecule has 0 aliphatic heterocycles. The molecule has 3 aromatic carbocycles. The molecule has 0 aromatic heterocycles. The highest BCUT2D eigenvalue weighted by atomic mass is 16.6. The second kappa shape index (κ2) is 11.3. The highest BCUT2D eigenvalue weighted by Gasteiger charge is 2.26. The van der Waals surface area contributed by atoms with Gasteiger partial charge in [0.15, 0.2) is 0 Å². The van der Waals surface area contributed by atoms with Gasteiger partial charge in [0.25, 0.3) is 0 Å². The third-order valence-electron chi connectivity index (χ3n) is 4.78. The molecule has 170 valence electrons. The Kier molecular flexibility index (Phi) is 8.02. The first-order valence-corrected chi connectivity index (χ1v) is 10.2. The van der Waals surface area contributed by atoms with Crippen molar-refractivity contribution >= 4 is 18.2 Å². The summed E-state index contributed by atoms with van der Waals surface area (Å²) in [7, 11) is 1.41. The molecule has 0 spiro atoms. The lowest BCUT2D eigenvalue weighted by atomic mass is 10.1. The number of carboxylic acid groups (broad SMARTS) is 1. The van der Waals surface area contributed by atoms with Crippen LogP contribution in [0.4, 0.5) is 9.59 Å². The predicted octanol–water partition coefficient (Wildman–Crippen LogP) is 4.71. The van der Waals surface area contributed by atoms with Crippen molar-refractivity contribution in [3.63, 3.8) is 0 Å². The maximum Gasteiger partial charge on any atom is 0.429 e. The Morgan fingerprint density at radius 1 is 0.697 bits per heavy atom. The van der Waals surface area contributed by atoms with Crippen LogP contribution < -0.4 is 0 Å². The number of aromatic carboxylic acids is 1. The fourth-order valence-corrected chi connectivity index (χ4v) is 2.92. The summed E-state index contributed by atoms with van der Waals surface area (Å²) in [5, 5.41) is 11.2. The molecular weight excluding hydrogens is 424 g/mol. The Hall–Kier alpha value is -4.33. The molecule has 0 saturated carbocycles. The van der Waals surface area contributed by atoms with Gasteiger partial charge in [0.05, 0.1) is 12.1 Å². The summed E-state index contributed by atoms with van der Waals surface area (Å²) < 4.78 is 10.7. The van der Waals surface area contributed by atoms with Crippen LogP contribution in [-0.2, 0) is 29.2 Å². The van der Waals surface area contributed by atoms with Gasteiger partial charge in [0.2, 0.25) is 0 Å². The first-order chi connectivity index (χ1) is 15.9. The molecule has 0 bridgehead atoms. The summed E-state index contributed by atoms with van der Waals surface area (Å²) in [4.78, 5) is 36.6. The summed E-state index contributed by atoms with van der Waals surface area (Å²) in [5.41, 5.74) is 2.33. The van der Waals surface area contributed by atoms with Crippen molar-refractivity contribution in [1.29, 1.82) is 0 Å². The molecule has 2 amide bonds. The average Bonchev–Trinajstić information content (AvgIpc) is 2.85. The minimum Gasteiger partial charge on any atom is -0.478 e. The lowest BCUT2D eigenvalue weighted by Crippen LogP contribution is -2.47. The standard InChI is InChI=1S/C25H24N2O6/c1-26(24(30)32-17-20-8-4-2-5-9-20)27(16-19-12-14-22(15-13-19)23(28)29)25(31)33-18-21-10-6-3-7-11-21/h2-15H,16-18H2,1H3,(H,28,29). The number of benzene rings is 3. The van der Waals surface area contributed by atoms with Crippen LogP contribution in [0, 0.1) is 0 Å². The molecule has 0 heterocycles. The smallest absolute Gasteiger partial charge is 0.429 e. The lowest BCUT2D eigenvalue weighted by Gasteiger charge is -2.30. The molecule has 0 atom stereocenters. The van der Waals surface area contributed by atoms with E-state index in [9.17, 15) is 14.4 Å². The van der Waals surface area contributed by atoms with E-state index >= 15 is 0 Å². The zero-order valence-electron chi connectivity index (χ0n) is 18.1. The Morgan fingerprint density at radius 2 is 1.18 bits per heavy atom. The van der Waals surface area contributed by atoms with E-state index in [1.54, 1.807) is 12.1 Å². The van der Waals surface area contributed by atoms with Crippen LogP contribution in [0.25, 0.3) is 0 Å². The molecule has 0 aliphatic rings. The summed E-state index contributed by atoms with van der Waals surface area (Å²) in [6.07, 6.45) is -1.49. The van der Waals surface area contributed by atoms with Gasteiger partial charge in [-0.05, 0) is 28.8 Å². The van der Waals surface area contributed by atoms with E-state index < -0.39 is 18.2 Å². The number of hydrazine groups is 1. The number of hydrogen-bond donors (Lipinski definition) is 1. The molecule has 0 radical (unpaired) electrons. The SMILES string of the molecule is CN(C(=O)OCc1ccccc1)N(Cc1ccc(C(=O)O)cc1)C(=O)OCc1ccccc1. The van der Waals surface area contributed by atoms with Gasteiger partial charge in [-0.15, -0.1) is 0 Å². The largest absolute Gasteiger partial charge is 0.478 e. The number of amides is 2. The summed E-state index contributed by atoms with van der Waals surface area (Å²) in [6.45, 7) is 0.0513. The van der Waals surface area contributed by atoms with Crippen LogP contribution in [0.2, 0.25) is 0 Å². The number of carbonyl (C=O) groups is 3. The Morgan fingerprint density at radius 3 is 1.67 bits per heavy atom. The Balaban J connectivity index is 1.71. The molecule has 0 fully saturated rings. The van der Waals surface area contributed by atoms with E-state index in [-0.39, 0.29) is 25.3 Å². The van der Waals surface area contributed by atoms with Crippen LogP contribution in [0.15, 0.2) is 84.9 Å². The predicted molar refractivity (Wildman–Crippen MR) is 120 cm³/mol. The van der Waals surface area contributed by atoms with Crippen molar-refractivity contribution in [3.8, 4) is 0 Å². The number of hydrogen-bond acceptors (Lipinski definition) is 5. The third kappa shape index (κ3) is 6.83. The van der Waals surface area contributed by atoms with Gasteiger partial charge in [-0.2, -0.15) is 0 Å². The fourth-order valence-electron chi connectivity index (χ4n) is 2.92. The van der Waals surface area contributed by atoms with E-state index in [1.807, 2.05) is 60.7 Å². The van der Waals surface area contributed by atoms with Crippen LogP contribution in [-0.4, -0.2) is 40.3 Å². The highest BCUT2D eigenvalue weighted by Crippen LogP contribution is 2.14. The van der Waals surface area contributed by atoms with Crippen molar-refractivity contribution in [2.75, 3.05) is 7.05 Å². The van der Waals surface area contributed by atoms with E-state index in [0.29, 0.717) is 5.56 Å². The topological polar surface area (TPSA) is 96.4 Å². The van der Waals surface area contributed by atoms with Crippen molar-refractivity contribution in [2.24, 2.45) is 0 Å². The maximum atomic E-state index is 12.9. The first kappa shape index (κ1) is 23.3. The second-order valence-corrected chi connectivity index (χ2v) is 7.16. The molecule has 8 heteroatoms. The molecule has 0 saturated heterocycles. The zero-order valence-corrected chi connectivity index (χ0v) is 18.1. The Labute approximate surface area is 191 Å². The van der Waals surface area contributed by atoms with Crippen LogP contribution in [0.1, 0.15) is 27.0 Å². The van der Waals surface area contributed by atoms with E-state index in [1.165, 1.54) is 19.2 Å². The molecule has 0 unspecified atom stereocenters. The number of nitrogens with zero attached hydrogens (tertiary/aromatic N) is 2. The van der Waals surface area contributed by atoms with Gasteiger partial charge in [0, 0.05) is 7.05 Å². The fraction of sp³-hybridized carbons (Fsp3) is 0.160. The molecular formula is C25H24N2O6. The molecule has 33 heavy (non-hydrogen) atoms. The molecule has 3 rings (SSSR count). The third-order valence-corrected chi connectivity index (χ3v) is 4.78. The highest BCUT2D eigenvalue weighted by molar-refractivity contribution is 5.87. The summed E-state index contributed by atoms with van der Waals surface area (Å²) in [5.74, 6) is -1.05. The quantitative estimate of drug-likeness (QED) is 0.526. The van der Waals surface area contributed by atoms with Gasteiger partial charge >= 0.3 is 18.2 Å². The normalized spacial score (nSPS) is 10.2. The minimum atomic E-state index is -1.05. The van der Waals surface area contributed by atoms with Gasteiger partial charge in [-0.25, -0.2) is 24.4 Å². The van der Waals surface area contributed by atoms with Gasteiger partial charge in [0.1, 0.15) is 13.2 Å². The van der Waals surface area contributed by atoms with Crippen LogP contribution in [0.3, 0.4) is 0 Å². The molecule has 8 nitrogen and oxygen atoms in total. The molecule has 0 aliphatic carbocycles. The van der Waals surface area contributed by atoms with E-state index in [2.05, 4.69) is 0 Å². The van der Waals surface area contributed by atoms with E-state index in [4.69, 9.17) is 14.6 Å². The van der Waals surface area contributed by atoms with Gasteiger partial charge in [-0.3, -0.25) is 0 Å². The first-order valence-electron chi connectivity index (χ1n) is 10.2. The van der Waals surface area contributed by atoms with Crippen molar-refractivity contribution in [3.05, 3.63) is 107 Å². The summed E-state index contributed by atoms with van der Waals surface area (Å²) in [6, 6.07) is 24.3. The van der Waals surface area contributed by atoms with Crippen molar-refractivity contribution in [1.82, 2.24) is 10.0 Å². The molecule has 1 N–H and O–H groups in total. The number of rotatable bonds is 7. The number of carbonyl (C=O) groups excluding carboxylic acids is 2. The number of carboxylic acids is 1. The maximum absolute atomic E-state index is 12.9. The van der Waals surface area contributed by atoms with Gasteiger partial charge in [-0.1, -0.05) is 72.8 Å². The van der Waals surface area contributed by atoms with E-state index in [0.717, 1.165) is 21.1 Å². The average molecular weight is 448 g/mol. The zero-order chi connectivity index (χ0) is 23.6. The lowest BCUT2D eigenvalue weighted by molar-refractivity contribution is -0.0167. The minimum absolute atomic E-state index is 0.0234. The Bertz CT molecular complexity index is 1070. The van der Waals surface area contributed by atoms with Gasteiger partial charge < -0.3 is 14.6 Å². The number of ether oxygens (including phenoxy) is 2. The summed E-state index contributed by atoms with van der Waals surface area (Å²) >= 11 is 0. The van der Waals surface area contributed by atoms with Crippen LogP contribution in [0.5, 0.6) is 0 Å². The van der Waals surface area contributed by atoms with Crippen molar-refractivity contribution < 1.29 is 29.0 Å². The molecule has 3 aromatic rings.